The predicted octanol–water partition coefficient (Wildman–Crippen LogP) is 3.00. The van der Waals surface area contributed by atoms with Crippen molar-refractivity contribution in [3.63, 3.8) is 0 Å². The van der Waals surface area contributed by atoms with Crippen molar-refractivity contribution in [2.24, 2.45) is 0 Å². The number of ether oxygens (including phenoxy) is 1. The highest BCUT2D eigenvalue weighted by molar-refractivity contribution is 5.29. The molecule has 0 atom stereocenters. The Hall–Kier alpha value is -2.59. The van der Waals surface area contributed by atoms with Gasteiger partial charge in [0.15, 0.2) is 6.61 Å². The smallest absolute Gasteiger partial charge is 0.422 e. The molecule has 0 bridgehead atoms. The van der Waals surface area contributed by atoms with Gasteiger partial charge in [0.2, 0.25) is 5.95 Å². The van der Waals surface area contributed by atoms with Crippen LogP contribution in [0.25, 0.3) is 0 Å². The van der Waals surface area contributed by atoms with Crippen molar-refractivity contribution in [2.75, 3.05) is 12.3 Å². The van der Waals surface area contributed by atoms with Gasteiger partial charge >= 0.3 is 18.4 Å². The lowest BCUT2D eigenvalue weighted by molar-refractivity contribution is -0.154. The fourth-order valence-electron chi connectivity index (χ4n) is 1.75. The highest BCUT2D eigenvalue weighted by atomic mass is 19.4. The average Bonchev–Trinajstić information content (AvgIpc) is 2.43. The molecule has 0 radical (unpaired) electrons. The molecule has 0 fully saturated rings. The number of hydrogen-bond donors (Lipinski definition) is 1. The van der Waals surface area contributed by atoms with Gasteiger partial charge in [-0.3, -0.25) is 0 Å². The zero-order valence-corrected chi connectivity index (χ0v) is 11.8. The summed E-state index contributed by atoms with van der Waals surface area (Å²) in [5.74, 6) is -0.511. The summed E-state index contributed by atoms with van der Waals surface area (Å²) in [4.78, 5) is 10.7. The van der Waals surface area contributed by atoms with Crippen LogP contribution in [0, 0.1) is 0 Å². The number of aromatic nitrogens is 3. The number of nitrogens with two attached hydrogens (primary N) is 1. The lowest BCUT2D eigenvalue weighted by Crippen LogP contribution is -2.21. The zero-order valence-electron chi connectivity index (χ0n) is 11.8. The number of nitrogen functional groups attached to an aromatic ring is 1. The van der Waals surface area contributed by atoms with Crippen molar-refractivity contribution in [3.05, 3.63) is 41.2 Å². The van der Waals surface area contributed by atoms with Gasteiger partial charge in [0.05, 0.1) is 5.56 Å². The second-order valence-corrected chi connectivity index (χ2v) is 4.67. The molecule has 5 nitrogen and oxygen atoms in total. The minimum Gasteiger partial charge on any atom is -0.454 e. The highest BCUT2D eigenvalue weighted by Gasteiger charge is 2.31. The lowest BCUT2D eigenvalue weighted by atomic mass is 10.1. The molecule has 130 valence electrons. The molecule has 0 unspecified atom stereocenters. The van der Waals surface area contributed by atoms with E-state index in [1.54, 1.807) is 0 Å². The van der Waals surface area contributed by atoms with E-state index in [-0.39, 0.29) is 17.8 Å². The molecule has 0 amide bonds. The Morgan fingerprint density at radius 1 is 1.00 bits per heavy atom. The second-order valence-electron chi connectivity index (χ2n) is 4.67. The lowest BCUT2D eigenvalue weighted by Gasteiger charge is -2.10. The first-order chi connectivity index (χ1) is 11.0. The van der Waals surface area contributed by atoms with E-state index in [0.717, 1.165) is 12.1 Å². The van der Waals surface area contributed by atoms with Crippen LogP contribution in [-0.2, 0) is 12.6 Å². The van der Waals surface area contributed by atoms with Crippen LogP contribution >= 0.6 is 0 Å². The van der Waals surface area contributed by atoms with Gasteiger partial charge in [-0.1, -0.05) is 18.2 Å². The SMILES string of the molecule is Nc1nc(Cc2cccc(C(F)(F)F)c2)nc(OCC(F)(F)F)n1. The van der Waals surface area contributed by atoms with Crippen molar-refractivity contribution >= 4 is 5.95 Å². The third kappa shape index (κ3) is 5.25. The highest BCUT2D eigenvalue weighted by Crippen LogP contribution is 2.29. The Balaban J connectivity index is 2.19. The Morgan fingerprint density at radius 3 is 2.33 bits per heavy atom. The van der Waals surface area contributed by atoms with Gasteiger partial charge in [0.1, 0.15) is 5.82 Å². The average molecular weight is 352 g/mol. The number of anilines is 1. The molecule has 1 aromatic heterocycles. The normalized spacial score (nSPS) is 12.2. The molecule has 11 heteroatoms. The van der Waals surface area contributed by atoms with Gasteiger partial charge in [-0.15, -0.1) is 0 Å². The number of hydrogen-bond acceptors (Lipinski definition) is 5. The molecule has 2 rings (SSSR count). The Kier molecular flexibility index (Phi) is 4.81. The van der Waals surface area contributed by atoms with Gasteiger partial charge < -0.3 is 10.5 Å². The molecule has 0 saturated heterocycles. The van der Waals surface area contributed by atoms with E-state index in [1.165, 1.54) is 12.1 Å². The maximum absolute atomic E-state index is 12.7. The number of benzene rings is 1. The van der Waals surface area contributed by atoms with Crippen LogP contribution in [0.15, 0.2) is 24.3 Å². The van der Waals surface area contributed by atoms with Crippen LogP contribution in [0.5, 0.6) is 6.01 Å². The van der Waals surface area contributed by atoms with Crippen molar-refractivity contribution < 1.29 is 31.1 Å². The third-order valence-electron chi connectivity index (χ3n) is 2.66. The maximum atomic E-state index is 12.7. The van der Waals surface area contributed by atoms with E-state index < -0.39 is 36.5 Å². The largest absolute Gasteiger partial charge is 0.454 e. The van der Waals surface area contributed by atoms with E-state index in [0.29, 0.717) is 0 Å². The monoisotopic (exact) mass is 352 g/mol. The number of alkyl halides is 6. The van der Waals surface area contributed by atoms with Crippen molar-refractivity contribution in [1.82, 2.24) is 15.0 Å². The van der Waals surface area contributed by atoms with Crippen molar-refractivity contribution in [1.29, 1.82) is 0 Å². The molecule has 0 aliphatic heterocycles. The zero-order chi connectivity index (χ0) is 18.0. The van der Waals surface area contributed by atoms with Crippen LogP contribution in [0.1, 0.15) is 17.0 Å². The molecular weight excluding hydrogens is 342 g/mol. The molecule has 1 aromatic carbocycles. The van der Waals surface area contributed by atoms with E-state index in [9.17, 15) is 26.3 Å². The number of nitrogens with zero attached hydrogens (tertiary/aromatic N) is 3. The number of halogens is 6. The maximum Gasteiger partial charge on any atom is 0.422 e. The van der Waals surface area contributed by atoms with Crippen LogP contribution < -0.4 is 10.5 Å². The quantitative estimate of drug-likeness (QED) is 0.857. The summed E-state index contributed by atoms with van der Waals surface area (Å²) >= 11 is 0. The van der Waals surface area contributed by atoms with Crippen LogP contribution in [0.4, 0.5) is 32.3 Å². The van der Waals surface area contributed by atoms with E-state index >= 15 is 0 Å². The van der Waals surface area contributed by atoms with Crippen molar-refractivity contribution in [3.8, 4) is 6.01 Å². The summed E-state index contributed by atoms with van der Waals surface area (Å²) in [6.07, 6.45) is -9.29. The minimum atomic E-state index is -4.59. The second kappa shape index (κ2) is 6.49. The standard InChI is InChI=1S/C13H10F6N4O/c14-12(15,16)6-24-11-22-9(21-10(20)23-11)5-7-2-1-3-8(4-7)13(17,18)19/h1-4H,5-6H2,(H2,20,21,22,23). The topological polar surface area (TPSA) is 73.9 Å². The molecule has 2 aromatic rings. The molecule has 1 heterocycles. The first kappa shape index (κ1) is 17.8. The number of rotatable bonds is 4. The third-order valence-corrected chi connectivity index (χ3v) is 2.66. The summed E-state index contributed by atoms with van der Waals surface area (Å²) in [7, 11) is 0. The molecule has 0 saturated carbocycles. The van der Waals surface area contributed by atoms with Crippen LogP contribution in [0.3, 0.4) is 0 Å². The first-order valence-corrected chi connectivity index (χ1v) is 6.39. The van der Waals surface area contributed by atoms with Gasteiger partial charge in [-0.05, 0) is 11.6 Å². The van der Waals surface area contributed by atoms with Gasteiger partial charge in [0.25, 0.3) is 0 Å². The van der Waals surface area contributed by atoms with Gasteiger partial charge in [0, 0.05) is 6.42 Å². The van der Waals surface area contributed by atoms with Gasteiger partial charge in [-0.25, -0.2) is 0 Å². The van der Waals surface area contributed by atoms with Crippen LogP contribution in [0.2, 0.25) is 0 Å². The Labute approximate surface area is 131 Å². The first-order valence-electron chi connectivity index (χ1n) is 6.39. The molecular formula is C13H10F6N4O. The predicted molar refractivity (Wildman–Crippen MR) is 70.0 cm³/mol. The molecule has 2 N–H and O–H groups in total. The summed E-state index contributed by atoms with van der Waals surface area (Å²) in [6.45, 7) is -1.63. The van der Waals surface area contributed by atoms with Crippen molar-refractivity contribution in [2.45, 2.75) is 18.8 Å². The summed E-state index contributed by atoms with van der Waals surface area (Å²) in [5, 5.41) is 0. The van der Waals surface area contributed by atoms with E-state index in [1.807, 2.05) is 0 Å². The molecule has 0 spiro atoms. The Morgan fingerprint density at radius 2 is 1.71 bits per heavy atom. The molecule has 0 aliphatic rings. The van der Waals surface area contributed by atoms with Crippen LogP contribution in [-0.4, -0.2) is 27.7 Å². The van der Waals surface area contributed by atoms with E-state index in [2.05, 4.69) is 19.7 Å². The summed E-state index contributed by atoms with van der Waals surface area (Å²) in [5.41, 5.74) is 4.69. The molecule has 0 aliphatic carbocycles. The van der Waals surface area contributed by atoms with E-state index in [4.69, 9.17) is 5.73 Å². The Bertz CT molecular complexity index is 716. The summed E-state index contributed by atoms with van der Waals surface area (Å²) in [6, 6.07) is 3.72. The summed E-state index contributed by atoms with van der Waals surface area (Å²) < 4.78 is 78.7. The minimum absolute atomic E-state index is 0.112. The fourth-order valence-corrected chi connectivity index (χ4v) is 1.75. The van der Waals surface area contributed by atoms with Gasteiger partial charge in [-0.2, -0.15) is 41.3 Å². The molecule has 24 heavy (non-hydrogen) atoms. The fraction of sp³-hybridized carbons (Fsp3) is 0.308.